The molecule has 122 valence electrons. The molecule has 1 fully saturated rings. The number of aromatic nitrogens is 3. The first-order valence-corrected chi connectivity index (χ1v) is 8.41. The van der Waals surface area contributed by atoms with E-state index in [1.165, 1.54) is 24.9 Å². The van der Waals surface area contributed by atoms with Gasteiger partial charge in [-0.1, -0.05) is 5.16 Å². The van der Waals surface area contributed by atoms with E-state index in [9.17, 15) is 0 Å². The minimum Gasteiger partial charge on any atom is -0.372 e. The second-order valence-corrected chi connectivity index (χ2v) is 6.27. The summed E-state index contributed by atoms with van der Waals surface area (Å²) >= 11 is 0. The second-order valence-electron chi connectivity index (χ2n) is 6.27. The van der Waals surface area contributed by atoms with E-state index >= 15 is 0 Å². The normalized spacial score (nSPS) is 14.8. The second kappa shape index (κ2) is 6.43. The van der Waals surface area contributed by atoms with Gasteiger partial charge < -0.3 is 9.42 Å². The van der Waals surface area contributed by atoms with E-state index in [4.69, 9.17) is 4.52 Å². The lowest BCUT2D eigenvalue weighted by molar-refractivity contribution is 0.432. The summed E-state index contributed by atoms with van der Waals surface area (Å²) in [6, 6.07) is 10.4. The third-order valence-corrected chi connectivity index (χ3v) is 4.39. The molecule has 3 aromatic rings. The summed E-state index contributed by atoms with van der Waals surface area (Å²) in [6.07, 6.45) is 7.44. The number of anilines is 1. The highest BCUT2D eigenvalue weighted by Gasteiger charge is 2.13. The molecule has 0 spiro atoms. The summed E-state index contributed by atoms with van der Waals surface area (Å²) in [7, 11) is 0. The Hall–Kier alpha value is -2.69. The SMILES string of the molecule is Cc1cncc(-c2nc(-c3ccc(N4CCCCC4)cc3)no2)c1. The van der Waals surface area contributed by atoms with E-state index in [0.29, 0.717) is 11.7 Å². The van der Waals surface area contributed by atoms with Crippen molar-refractivity contribution in [3.05, 3.63) is 48.3 Å². The molecule has 0 bridgehead atoms. The zero-order valence-corrected chi connectivity index (χ0v) is 13.8. The summed E-state index contributed by atoms with van der Waals surface area (Å²) < 4.78 is 5.40. The summed E-state index contributed by atoms with van der Waals surface area (Å²) in [5, 5.41) is 4.11. The Morgan fingerprint density at radius 1 is 0.958 bits per heavy atom. The molecule has 1 aliphatic rings. The van der Waals surface area contributed by atoms with Crippen LogP contribution in [-0.2, 0) is 0 Å². The zero-order valence-electron chi connectivity index (χ0n) is 13.8. The van der Waals surface area contributed by atoms with Gasteiger partial charge in [-0.3, -0.25) is 4.98 Å². The molecule has 1 aromatic carbocycles. The lowest BCUT2D eigenvalue weighted by Gasteiger charge is -2.28. The Morgan fingerprint density at radius 2 is 1.75 bits per heavy atom. The average Bonchev–Trinajstić information content (AvgIpc) is 3.13. The molecule has 5 nitrogen and oxygen atoms in total. The topological polar surface area (TPSA) is 55.1 Å². The summed E-state index contributed by atoms with van der Waals surface area (Å²) in [6.45, 7) is 4.28. The van der Waals surface area contributed by atoms with Crippen LogP contribution in [0.1, 0.15) is 24.8 Å². The van der Waals surface area contributed by atoms with Crippen molar-refractivity contribution in [3.63, 3.8) is 0 Å². The number of benzene rings is 1. The maximum atomic E-state index is 5.40. The molecule has 0 atom stereocenters. The Morgan fingerprint density at radius 3 is 2.50 bits per heavy atom. The molecule has 5 heteroatoms. The van der Waals surface area contributed by atoms with Gasteiger partial charge in [0.05, 0.1) is 5.56 Å². The molecule has 0 aliphatic carbocycles. The van der Waals surface area contributed by atoms with Crippen molar-refractivity contribution < 1.29 is 4.52 Å². The van der Waals surface area contributed by atoms with E-state index in [-0.39, 0.29) is 0 Å². The number of aryl methyl sites for hydroxylation is 1. The number of hydrogen-bond donors (Lipinski definition) is 0. The third kappa shape index (κ3) is 3.02. The van der Waals surface area contributed by atoms with Gasteiger partial charge in [0.2, 0.25) is 5.82 Å². The van der Waals surface area contributed by atoms with Crippen LogP contribution in [0.15, 0.2) is 47.2 Å². The standard InChI is InChI=1S/C19H20N4O/c1-14-11-16(13-20-12-14)19-21-18(22-24-19)15-5-7-17(8-6-15)23-9-3-2-4-10-23/h5-8,11-13H,2-4,9-10H2,1H3. The predicted octanol–water partition coefficient (Wildman–Crippen LogP) is 4.10. The van der Waals surface area contributed by atoms with Gasteiger partial charge >= 0.3 is 0 Å². The largest absolute Gasteiger partial charge is 0.372 e. The highest BCUT2D eigenvalue weighted by Crippen LogP contribution is 2.25. The van der Waals surface area contributed by atoms with Crippen molar-refractivity contribution in [3.8, 4) is 22.8 Å². The fourth-order valence-electron chi connectivity index (χ4n) is 3.10. The first-order chi connectivity index (χ1) is 11.8. The van der Waals surface area contributed by atoms with Gasteiger partial charge in [0.15, 0.2) is 0 Å². The minimum absolute atomic E-state index is 0.501. The van der Waals surface area contributed by atoms with Gasteiger partial charge in [0.1, 0.15) is 0 Å². The van der Waals surface area contributed by atoms with Gasteiger partial charge in [0, 0.05) is 36.7 Å². The van der Waals surface area contributed by atoms with Crippen LogP contribution in [0.5, 0.6) is 0 Å². The summed E-state index contributed by atoms with van der Waals surface area (Å²) in [5.41, 5.74) is 4.15. The van der Waals surface area contributed by atoms with Crippen LogP contribution in [-0.4, -0.2) is 28.2 Å². The first-order valence-electron chi connectivity index (χ1n) is 8.41. The maximum Gasteiger partial charge on any atom is 0.259 e. The Labute approximate surface area is 141 Å². The van der Waals surface area contributed by atoms with Crippen molar-refractivity contribution in [2.45, 2.75) is 26.2 Å². The quantitative estimate of drug-likeness (QED) is 0.727. The first kappa shape index (κ1) is 14.9. The molecular formula is C19H20N4O. The number of rotatable bonds is 3. The number of pyridine rings is 1. The van der Waals surface area contributed by atoms with Crippen LogP contribution >= 0.6 is 0 Å². The molecule has 1 saturated heterocycles. The van der Waals surface area contributed by atoms with Gasteiger partial charge in [-0.2, -0.15) is 4.98 Å². The zero-order chi connectivity index (χ0) is 16.4. The lowest BCUT2D eigenvalue weighted by atomic mass is 10.1. The van der Waals surface area contributed by atoms with E-state index in [0.717, 1.165) is 29.8 Å². The molecule has 0 unspecified atom stereocenters. The van der Waals surface area contributed by atoms with Crippen LogP contribution in [0, 0.1) is 6.92 Å². The summed E-state index contributed by atoms with van der Waals surface area (Å²) in [4.78, 5) is 11.1. The summed E-state index contributed by atoms with van der Waals surface area (Å²) in [5.74, 6) is 1.11. The minimum atomic E-state index is 0.501. The van der Waals surface area contributed by atoms with E-state index < -0.39 is 0 Å². The molecule has 2 aromatic heterocycles. The molecule has 4 rings (SSSR count). The van der Waals surface area contributed by atoms with Crippen LogP contribution in [0.25, 0.3) is 22.8 Å². The Kier molecular flexibility index (Phi) is 3.99. The van der Waals surface area contributed by atoms with Crippen molar-refractivity contribution in [2.75, 3.05) is 18.0 Å². The lowest BCUT2D eigenvalue weighted by Crippen LogP contribution is -2.29. The van der Waals surface area contributed by atoms with Gasteiger partial charge in [-0.05, 0) is 62.1 Å². The Balaban J connectivity index is 1.56. The molecule has 1 aliphatic heterocycles. The van der Waals surface area contributed by atoms with Crippen molar-refractivity contribution in [2.24, 2.45) is 0 Å². The maximum absolute atomic E-state index is 5.40. The van der Waals surface area contributed by atoms with Crippen LogP contribution < -0.4 is 4.90 Å². The number of hydrogen-bond acceptors (Lipinski definition) is 5. The molecule has 0 saturated carbocycles. The Bertz CT molecular complexity index is 819. The molecular weight excluding hydrogens is 300 g/mol. The van der Waals surface area contributed by atoms with E-state index in [2.05, 4.69) is 44.3 Å². The highest BCUT2D eigenvalue weighted by molar-refractivity contribution is 5.62. The van der Waals surface area contributed by atoms with Gasteiger partial charge in [-0.25, -0.2) is 0 Å². The third-order valence-electron chi connectivity index (χ3n) is 4.39. The van der Waals surface area contributed by atoms with Crippen molar-refractivity contribution in [1.29, 1.82) is 0 Å². The van der Waals surface area contributed by atoms with E-state index in [1.807, 2.05) is 13.0 Å². The smallest absolute Gasteiger partial charge is 0.259 e. The van der Waals surface area contributed by atoms with Crippen molar-refractivity contribution >= 4 is 5.69 Å². The monoisotopic (exact) mass is 320 g/mol. The molecule has 0 amide bonds. The fraction of sp³-hybridized carbons (Fsp3) is 0.316. The number of nitrogens with zero attached hydrogens (tertiary/aromatic N) is 4. The van der Waals surface area contributed by atoms with E-state index in [1.54, 1.807) is 12.4 Å². The predicted molar refractivity (Wildman–Crippen MR) is 93.8 cm³/mol. The van der Waals surface area contributed by atoms with Crippen molar-refractivity contribution in [1.82, 2.24) is 15.1 Å². The molecule has 24 heavy (non-hydrogen) atoms. The molecule has 0 radical (unpaired) electrons. The molecule has 3 heterocycles. The fourth-order valence-corrected chi connectivity index (χ4v) is 3.10. The van der Waals surface area contributed by atoms with Crippen LogP contribution in [0.4, 0.5) is 5.69 Å². The van der Waals surface area contributed by atoms with Crippen LogP contribution in [0.2, 0.25) is 0 Å². The van der Waals surface area contributed by atoms with Crippen LogP contribution in [0.3, 0.4) is 0 Å². The van der Waals surface area contributed by atoms with Gasteiger partial charge in [-0.15, -0.1) is 0 Å². The van der Waals surface area contributed by atoms with Gasteiger partial charge in [0.25, 0.3) is 5.89 Å². The number of piperidine rings is 1. The average molecular weight is 320 g/mol. The highest BCUT2D eigenvalue weighted by atomic mass is 16.5. The molecule has 0 N–H and O–H groups in total.